The van der Waals surface area contributed by atoms with Crippen molar-refractivity contribution in [1.82, 2.24) is 15.2 Å². The molecule has 0 aliphatic rings. The van der Waals surface area contributed by atoms with Crippen LogP contribution in [0.1, 0.15) is 38.3 Å². The second-order valence-corrected chi connectivity index (χ2v) is 6.57. The molecule has 0 fully saturated rings. The topological polar surface area (TPSA) is 100 Å². The molecule has 0 unspecified atom stereocenters. The van der Waals surface area contributed by atoms with Crippen molar-refractivity contribution in [2.45, 2.75) is 20.8 Å². The Morgan fingerprint density at radius 2 is 1.83 bits per heavy atom. The Labute approximate surface area is 167 Å². The fourth-order valence-corrected chi connectivity index (χ4v) is 2.79. The molecule has 0 radical (unpaired) electrons. The standard InChI is InChI=1S/C22H19N5O2/c1-14-8-10-17(11-9-14)13-24-25-21(28)20-16(3)18(12-23)22(29)27(26-20)19-7-5-4-6-15(19)2/h4-11,13H,1-3H3,(H,25,28)/b24-13+. The highest BCUT2D eigenvalue weighted by Crippen LogP contribution is 2.13. The number of aromatic nitrogens is 2. The largest absolute Gasteiger partial charge is 0.292 e. The van der Waals surface area contributed by atoms with Crippen molar-refractivity contribution < 1.29 is 4.79 Å². The first-order valence-corrected chi connectivity index (χ1v) is 8.92. The zero-order valence-corrected chi connectivity index (χ0v) is 16.3. The van der Waals surface area contributed by atoms with Gasteiger partial charge in [0.25, 0.3) is 11.5 Å². The lowest BCUT2D eigenvalue weighted by Crippen LogP contribution is -2.31. The summed E-state index contributed by atoms with van der Waals surface area (Å²) < 4.78 is 1.08. The highest BCUT2D eigenvalue weighted by molar-refractivity contribution is 5.94. The minimum Gasteiger partial charge on any atom is -0.266 e. The molecule has 3 aromatic rings. The summed E-state index contributed by atoms with van der Waals surface area (Å²) in [6.45, 7) is 5.32. The van der Waals surface area contributed by atoms with E-state index < -0.39 is 11.5 Å². The van der Waals surface area contributed by atoms with Crippen LogP contribution in [0.4, 0.5) is 0 Å². The monoisotopic (exact) mass is 385 g/mol. The van der Waals surface area contributed by atoms with Crippen LogP contribution in [-0.4, -0.2) is 21.9 Å². The highest BCUT2D eigenvalue weighted by atomic mass is 16.2. The Bertz CT molecular complexity index is 1200. The maximum atomic E-state index is 12.7. The summed E-state index contributed by atoms with van der Waals surface area (Å²) in [6, 6.07) is 16.6. The van der Waals surface area contributed by atoms with Crippen molar-refractivity contribution in [2.75, 3.05) is 0 Å². The van der Waals surface area contributed by atoms with Crippen molar-refractivity contribution in [3.05, 3.63) is 92.4 Å². The van der Waals surface area contributed by atoms with Gasteiger partial charge in [-0.05, 0) is 38.0 Å². The zero-order valence-electron chi connectivity index (χ0n) is 16.3. The zero-order chi connectivity index (χ0) is 21.0. The average Bonchev–Trinajstić information content (AvgIpc) is 2.71. The third kappa shape index (κ3) is 4.12. The van der Waals surface area contributed by atoms with E-state index in [1.165, 1.54) is 13.1 Å². The quantitative estimate of drug-likeness (QED) is 0.551. The lowest BCUT2D eigenvalue weighted by atomic mass is 10.1. The van der Waals surface area contributed by atoms with E-state index in [1.54, 1.807) is 12.1 Å². The number of amides is 1. The normalized spacial score (nSPS) is 10.7. The summed E-state index contributed by atoms with van der Waals surface area (Å²) in [5, 5.41) is 17.6. The average molecular weight is 385 g/mol. The van der Waals surface area contributed by atoms with Crippen molar-refractivity contribution in [3.8, 4) is 11.8 Å². The summed E-state index contributed by atoms with van der Waals surface area (Å²) in [5.41, 5.74) is 5.13. The van der Waals surface area contributed by atoms with Gasteiger partial charge in [-0.25, -0.2) is 5.43 Å². The lowest BCUT2D eigenvalue weighted by molar-refractivity contribution is 0.0947. The number of carbonyl (C=O) groups excluding carboxylic acids is 1. The van der Waals surface area contributed by atoms with E-state index in [0.717, 1.165) is 21.4 Å². The minimum atomic E-state index is -0.607. The van der Waals surface area contributed by atoms with E-state index in [4.69, 9.17) is 0 Å². The first kappa shape index (κ1) is 19.7. The maximum absolute atomic E-state index is 12.7. The Kier molecular flexibility index (Phi) is 5.65. The fourth-order valence-electron chi connectivity index (χ4n) is 2.79. The number of hydrazone groups is 1. The van der Waals surface area contributed by atoms with E-state index in [1.807, 2.05) is 56.3 Å². The first-order chi connectivity index (χ1) is 13.9. The van der Waals surface area contributed by atoms with E-state index >= 15 is 0 Å². The molecule has 0 aliphatic heterocycles. The number of benzene rings is 2. The predicted molar refractivity (Wildman–Crippen MR) is 110 cm³/mol. The molecule has 0 spiro atoms. The number of rotatable bonds is 4. The highest BCUT2D eigenvalue weighted by Gasteiger charge is 2.20. The third-order valence-corrected chi connectivity index (χ3v) is 4.46. The molecule has 2 aromatic carbocycles. The van der Waals surface area contributed by atoms with Gasteiger partial charge in [-0.3, -0.25) is 9.59 Å². The number of carbonyl (C=O) groups is 1. The molecule has 144 valence electrons. The number of hydrogen-bond donors (Lipinski definition) is 1. The van der Waals surface area contributed by atoms with E-state index in [9.17, 15) is 14.9 Å². The minimum absolute atomic E-state index is 0.0366. The van der Waals surface area contributed by atoms with Gasteiger partial charge < -0.3 is 0 Å². The van der Waals surface area contributed by atoms with Gasteiger partial charge in [-0.15, -0.1) is 0 Å². The molecule has 1 heterocycles. The van der Waals surface area contributed by atoms with Crippen molar-refractivity contribution in [2.24, 2.45) is 5.10 Å². The maximum Gasteiger partial charge on any atom is 0.292 e. The number of nitriles is 1. The van der Waals surface area contributed by atoms with Gasteiger partial charge in [-0.1, -0.05) is 48.0 Å². The summed E-state index contributed by atoms with van der Waals surface area (Å²) in [7, 11) is 0. The molecule has 0 atom stereocenters. The van der Waals surface area contributed by atoms with Gasteiger partial charge in [0.15, 0.2) is 5.69 Å². The second-order valence-electron chi connectivity index (χ2n) is 6.57. The first-order valence-electron chi connectivity index (χ1n) is 8.92. The van der Waals surface area contributed by atoms with Crippen molar-refractivity contribution >= 4 is 12.1 Å². The Hall–Kier alpha value is -4.05. The predicted octanol–water partition coefficient (Wildman–Crippen LogP) is 2.79. The Balaban J connectivity index is 1.98. The molecule has 0 aliphatic carbocycles. The summed E-state index contributed by atoms with van der Waals surface area (Å²) in [6.07, 6.45) is 1.51. The van der Waals surface area contributed by atoms with Crippen LogP contribution in [-0.2, 0) is 0 Å². The molecule has 7 nitrogen and oxygen atoms in total. The summed E-state index contributed by atoms with van der Waals surface area (Å²) >= 11 is 0. The van der Waals surface area contributed by atoms with Crippen LogP contribution in [0.15, 0.2) is 58.4 Å². The summed E-state index contributed by atoms with van der Waals surface area (Å²) in [4.78, 5) is 25.3. The molecule has 7 heteroatoms. The van der Waals surface area contributed by atoms with Crippen LogP contribution in [0.5, 0.6) is 0 Å². The number of para-hydroxylation sites is 1. The van der Waals surface area contributed by atoms with Gasteiger partial charge >= 0.3 is 0 Å². The van der Waals surface area contributed by atoms with Gasteiger partial charge in [0, 0.05) is 5.56 Å². The van der Waals surface area contributed by atoms with Gasteiger partial charge in [0.05, 0.1) is 11.9 Å². The molecule has 0 saturated carbocycles. The number of nitrogens with zero attached hydrogens (tertiary/aromatic N) is 4. The molecule has 1 amide bonds. The van der Waals surface area contributed by atoms with E-state index in [2.05, 4.69) is 15.6 Å². The van der Waals surface area contributed by atoms with Crippen LogP contribution >= 0.6 is 0 Å². The lowest BCUT2D eigenvalue weighted by Gasteiger charge is -2.12. The fraction of sp³-hybridized carbons (Fsp3) is 0.136. The molecule has 3 rings (SSSR count). The molecule has 29 heavy (non-hydrogen) atoms. The van der Waals surface area contributed by atoms with Crippen LogP contribution in [0.25, 0.3) is 5.69 Å². The van der Waals surface area contributed by atoms with Crippen LogP contribution in [0, 0.1) is 32.1 Å². The molecular weight excluding hydrogens is 366 g/mol. The molecule has 1 aromatic heterocycles. The smallest absolute Gasteiger partial charge is 0.266 e. The number of nitrogens with one attached hydrogen (secondary N) is 1. The Morgan fingerprint density at radius 1 is 1.14 bits per heavy atom. The third-order valence-electron chi connectivity index (χ3n) is 4.46. The number of hydrogen-bond acceptors (Lipinski definition) is 5. The molecule has 0 bridgehead atoms. The van der Waals surface area contributed by atoms with Gasteiger partial charge in [0.2, 0.25) is 0 Å². The molecule has 0 saturated heterocycles. The SMILES string of the molecule is Cc1ccc(/C=N/NC(=O)c2nn(-c3ccccc3C)c(=O)c(C#N)c2C)cc1. The van der Waals surface area contributed by atoms with Gasteiger partial charge in [0.1, 0.15) is 11.6 Å². The molecular formula is C22H19N5O2. The van der Waals surface area contributed by atoms with E-state index in [-0.39, 0.29) is 16.8 Å². The van der Waals surface area contributed by atoms with Crippen LogP contribution in [0.3, 0.4) is 0 Å². The molecule has 1 N–H and O–H groups in total. The summed E-state index contributed by atoms with van der Waals surface area (Å²) in [5.74, 6) is -0.607. The van der Waals surface area contributed by atoms with Crippen molar-refractivity contribution in [3.63, 3.8) is 0 Å². The van der Waals surface area contributed by atoms with Gasteiger partial charge in [-0.2, -0.15) is 20.1 Å². The van der Waals surface area contributed by atoms with Crippen LogP contribution < -0.4 is 11.0 Å². The van der Waals surface area contributed by atoms with E-state index in [0.29, 0.717) is 5.69 Å². The Morgan fingerprint density at radius 3 is 2.48 bits per heavy atom. The van der Waals surface area contributed by atoms with Crippen LogP contribution in [0.2, 0.25) is 0 Å². The van der Waals surface area contributed by atoms with Crippen molar-refractivity contribution in [1.29, 1.82) is 5.26 Å². The second kappa shape index (κ2) is 8.31. The number of aryl methyl sites for hydroxylation is 2.